The summed E-state index contributed by atoms with van der Waals surface area (Å²) in [5, 5.41) is 3.29. The quantitative estimate of drug-likeness (QED) is 0.737. The largest absolute Gasteiger partial charge is 0.376 e. The standard InChI is InChI=1S/C15H28N2O3/c1-4-17-15(14(16)18,12-5-6-12)9-19-13-7-10(2)20-11(3)8-13/h10-13,17H,4-9H2,1-3H3,(H2,16,18). The van der Waals surface area contributed by atoms with Crippen LogP contribution in [0.15, 0.2) is 0 Å². The monoisotopic (exact) mass is 284 g/mol. The van der Waals surface area contributed by atoms with Gasteiger partial charge < -0.3 is 20.5 Å². The molecule has 1 saturated carbocycles. The Bertz CT molecular complexity index is 336. The number of hydrogen-bond acceptors (Lipinski definition) is 4. The molecule has 3 unspecified atom stereocenters. The Kier molecular flexibility index (Phi) is 5.04. The van der Waals surface area contributed by atoms with Gasteiger partial charge in [-0.15, -0.1) is 0 Å². The lowest BCUT2D eigenvalue weighted by Crippen LogP contribution is -2.61. The summed E-state index contributed by atoms with van der Waals surface area (Å²) in [5.74, 6) is 0.0460. The van der Waals surface area contributed by atoms with Crippen molar-refractivity contribution in [3.63, 3.8) is 0 Å². The summed E-state index contributed by atoms with van der Waals surface area (Å²) >= 11 is 0. The molecular formula is C15H28N2O3. The molecule has 1 heterocycles. The summed E-state index contributed by atoms with van der Waals surface area (Å²) in [7, 11) is 0. The van der Waals surface area contributed by atoms with Gasteiger partial charge in [0.05, 0.1) is 24.9 Å². The number of carbonyl (C=O) groups is 1. The molecule has 5 heteroatoms. The van der Waals surface area contributed by atoms with E-state index in [2.05, 4.69) is 19.2 Å². The number of nitrogens with two attached hydrogens (primary N) is 1. The van der Waals surface area contributed by atoms with Crippen LogP contribution in [-0.2, 0) is 14.3 Å². The average Bonchev–Trinajstić information content (AvgIpc) is 3.17. The second-order valence-corrected chi connectivity index (χ2v) is 6.30. The predicted octanol–water partition coefficient (Wildman–Crippen LogP) is 1.20. The zero-order valence-corrected chi connectivity index (χ0v) is 12.9. The van der Waals surface area contributed by atoms with E-state index in [1.807, 2.05) is 6.92 Å². The maximum absolute atomic E-state index is 11.9. The minimum absolute atomic E-state index is 0.157. The van der Waals surface area contributed by atoms with Gasteiger partial charge in [0.25, 0.3) is 0 Å². The van der Waals surface area contributed by atoms with Crippen LogP contribution < -0.4 is 11.1 Å². The Labute approximate surface area is 121 Å². The Morgan fingerprint density at radius 3 is 2.40 bits per heavy atom. The Balaban J connectivity index is 1.96. The van der Waals surface area contributed by atoms with Gasteiger partial charge in [-0.25, -0.2) is 0 Å². The van der Waals surface area contributed by atoms with Crippen molar-refractivity contribution in [1.82, 2.24) is 5.32 Å². The maximum Gasteiger partial charge on any atom is 0.240 e. The van der Waals surface area contributed by atoms with Crippen LogP contribution in [0, 0.1) is 5.92 Å². The molecule has 3 atom stereocenters. The summed E-state index contributed by atoms with van der Waals surface area (Å²) in [6, 6.07) is 0. The van der Waals surface area contributed by atoms with Crippen LogP contribution in [0.3, 0.4) is 0 Å². The van der Waals surface area contributed by atoms with Gasteiger partial charge in [-0.2, -0.15) is 0 Å². The molecule has 20 heavy (non-hydrogen) atoms. The van der Waals surface area contributed by atoms with Gasteiger partial charge in [0, 0.05) is 0 Å². The van der Waals surface area contributed by atoms with E-state index in [0.29, 0.717) is 12.5 Å². The van der Waals surface area contributed by atoms with Crippen molar-refractivity contribution in [2.45, 2.75) is 70.3 Å². The van der Waals surface area contributed by atoms with Crippen LogP contribution in [-0.4, -0.2) is 42.9 Å². The van der Waals surface area contributed by atoms with E-state index >= 15 is 0 Å². The van der Waals surface area contributed by atoms with E-state index in [0.717, 1.165) is 32.2 Å². The molecule has 0 aromatic rings. The van der Waals surface area contributed by atoms with Crippen molar-refractivity contribution in [3.8, 4) is 0 Å². The average molecular weight is 284 g/mol. The molecule has 0 aromatic carbocycles. The molecule has 1 amide bonds. The summed E-state index contributed by atoms with van der Waals surface area (Å²) < 4.78 is 11.8. The molecule has 2 aliphatic rings. The van der Waals surface area contributed by atoms with Crippen molar-refractivity contribution >= 4 is 5.91 Å². The molecule has 0 aromatic heterocycles. The number of hydrogen-bond donors (Lipinski definition) is 2. The fourth-order valence-electron chi connectivity index (χ4n) is 3.29. The molecule has 0 spiro atoms. The van der Waals surface area contributed by atoms with E-state index in [1.165, 1.54) is 0 Å². The van der Waals surface area contributed by atoms with Crippen molar-refractivity contribution in [2.24, 2.45) is 11.7 Å². The van der Waals surface area contributed by atoms with Gasteiger partial charge in [0.1, 0.15) is 5.54 Å². The van der Waals surface area contributed by atoms with Crippen LogP contribution in [0.5, 0.6) is 0 Å². The van der Waals surface area contributed by atoms with Crippen LogP contribution in [0.4, 0.5) is 0 Å². The zero-order valence-electron chi connectivity index (χ0n) is 12.9. The van der Waals surface area contributed by atoms with E-state index in [1.54, 1.807) is 0 Å². The lowest BCUT2D eigenvalue weighted by Gasteiger charge is -2.36. The molecule has 2 fully saturated rings. The summed E-state index contributed by atoms with van der Waals surface area (Å²) in [5.41, 5.74) is 4.98. The van der Waals surface area contributed by atoms with Gasteiger partial charge in [0.15, 0.2) is 0 Å². The molecule has 1 saturated heterocycles. The predicted molar refractivity (Wildman–Crippen MR) is 77.3 cm³/mol. The molecule has 1 aliphatic heterocycles. The molecule has 5 nitrogen and oxygen atoms in total. The normalized spacial score (nSPS) is 33.6. The highest BCUT2D eigenvalue weighted by atomic mass is 16.5. The molecule has 1 aliphatic carbocycles. The minimum atomic E-state index is -0.681. The number of primary amides is 1. The number of carbonyl (C=O) groups excluding carboxylic acids is 1. The van der Waals surface area contributed by atoms with E-state index in [9.17, 15) is 4.79 Å². The first-order chi connectivity index (χ1) is 9.48. The molecule has 3 N–H and O–H groups in total. The first kappa shape index (κ1) is 15.7. The van der Waals surface area contributed by atoms with E-state index in [-0.39, 0.29) is 24.2 Å². The second-order valence-electron chi connectivity index (χ2n) is 6.30. The molecule has 2 rings (SSSR count). The fourth-order valence-corrected chi connectivity index (χ4v) is 3.29. The highest BCUT2D eigenvalue weighted by Gasteiger charge is 2.50. The second kappa shape index (κ2) is 6.41. The topological polar surface area (TPSA) is 73.6 Å². The number of rotatable bonds is 7. The first-order valence-corrected chi connectivity index (χ1v) is 7.80. The zero-order chi connectivity index (χ0) is 14.8. The number of amides is 1. The van der Waals surface area contributed by atoms with Crippen LogP contribution in [0.2, 0.25) is 0 Å². The van der Waals surface area contributed by atoms with Gasteiger partial charge >= 0.3 is 0 Å². The Morgan fingerprint density at radius 2 is 1.95 bits per heavy atom. The lowest BCUT2D eigenvalue weighted by atomic mass is 9.92. The summed E-state index contributed by atoms with van der Waals surface area (Å²) in [6.07, 6.45) is 4.47. The van der Waals surface area contributed by atoms with E-state index in [4.69, 9.17) is 15.2 Å². The third kappa shape index (κ3) is 3.51. The number of likely N-dealkylation sites (N-methyl/N-ethyl adjacent to an activating group) is 1. The summed E-state index contributed by atoms with van der Waals surface area (Å²) in [6.45, 7) is 7.24. The van der Waals surface area contributed by atoms with Crippen molar-refractivity contribution < 1.29 is 14.3 Å². The lowest BCUT2D eigenvalue weighted by molar-refractivity contribution is -0.136. The van der Waals surface area contributed by atoms with Gasteiger partial charge in [-0.3, -0.25) is 4.79 Å². The smallest absolute Gasteiger partial charge is 0.240 e. The third-order valence-electron chi connectivity index (χ3n) is 4.41. The highest BCUT2D eigenvalue weighted by Crippen LogP contribution is 2.40. The van der Waals surface area contributed by atoms with Gasteiger partial charge in [-0.05, 0) is 52.0 Å². The van der Waals surface area contributed by atoms with Gasteiger partial charge in [-0.1, -0.05) is 6.92 Å². The number of nitrogens with one attached hydrogen (secondary N) is 1. The molecule has 0 bridgehead atoms. The number of ether oxygens (including phenoxy) is 2. The van der Waals surface area contributed by atoms with Gasteiger partial charge in [0.2, 0.25) is 5.91 Å². The third-order valence-corrected chi connectivity index (χ3v) is 4.41. The Morgan fingerprint density at radius 1 is 1.35 bits per heavy atom. The van der Waals surface area contributed by atoms with E-state index < -0.39 is 5.54 Å². The van der Waals surface area contributed by atoms with Crippen LogP contribution >= 0.6 is 0 Å². The fraction of sp³-hybridized carbons (Fsp3) is 0.933. The molecule has 116 valence electrons. The first-order valence-electron chi connectivity index (χ1n) is 7.80. The minimum Gasteiger partial charge on any atom is -0.376 e. The van der Waals surface area contributed by atoms with Crippen molar-refractivity contribution in [2.75, 3.05) is 13.2 Å². The molecule has 0 radical (unpaired) electrons. The molecular weight excluding hydrogens is 256 g/mol. The summed E-state index contributed by atoms with van der Waals surface area (Å²) in [4.78, 5) is 11.9. The van der Waals surface area contributed by atoms with Crippen molar-refractivity contribution in [1.29, 1.82) is 0 Å². The SMILES string of the molecule is CCNC(COC1CC(C)OC(C)C1)(C(N)=O)C1CC1. The van der Waals surface area contributed by atoms with Crippen LogP contribution in [0.1, 0.15) is 46.5 Å². The highest BCUT2D eigenvalue weighted by molar-refractivity contribution is 5.85. The maximum atomic E-state index is 11.9. The Hall–Kier alpha value is -0.650. The van der Waals surface area contributed by atoms with Crippen molar-refractivity contribution in [3.05, 3.63) is 0 Å². The van der Waals surface area contributed by atoms with Crippen LogP contribution in [0.25, 0.3) is 0 Å².